The molecule has 1 aliphatic heterocycles. The second kappa shape index (κ2) is 11.0. The smallest absolute Gasteiger partial charge is 0.253 e. The van der Waals surface area contributed by atoms with Crippen molar-refractivity contribution in [1.82, 2.24) is 15.2 Å². The molecule has 190 valence electrons. The molecule has 0 unspecified atom stereocenters. The monoisotopic (exact) mass is 492 g/mol. The highest BCUT2D eigenvalue weighted by molar-refractivity contribution is 5.95. The van der Waals surface area contributed by atoms with E-state index in [1.807, 2.05) is 43.0 Å². The number of piperazine rings is 1. The van der Waals surface area contributed by atoms with Gasteiger partial charge in [-0.15, -0.1) is 0 Å². The zero-order valence-corrected chi connectivity index (χ0v) is 21.1. The van der Waals surface area contributed by atoms with E-state index in [1.54, 1.807) is 24.4 Å². The Morgan fingerprint density at radius 1 is 1.14 bits per heavy atom. The number of para-hydroxylation sites is 1. The number of nitrogens with one attached hydrogen (secondary N) is 1. The lowest BCUT2D eigenvalue weighted by Gasteiger charge is -2.36. The summed E-state index contributed by atoms with van der Waals surface area (Å²) in [5.74, 6) is 0.370. The van der Waals surface area contributed by atoms with Gasteiger partial charge in [0.15, 0.2) is 23.1 Å². The lowest BCUT2D eigenvalue weighted by Crippen LogP contribution is -2.55. The average molecular weight is 493 g/mol. The van der Waals surface area contributed by atoms with Crippen LogP contribution in [0.3, 0.4) is 0 Å². The van der Waals surface area contributed by atoms with E-state index >= 15 is 0 Å². The van der Waals surface area contributed by atoms with E-state index in [9.17, 15) is 9.18 Å². The number of hydrogen-bond donors (Lipinski definition) is 2. The summed E-state index contributed by atoms with van der Waals surface area (Å²) in [5.41, 5.74) is 8.94. The molecule has 7 nitrogen and oxygen atoms in total. The number of benzene rings is 2. The summed E-state index contributed by atoms with van der Waals surface area (Å²) in [7, 11) is 0. The number of nitrogens with two attached hydrogens (primary N) is 1. The van der Waals surface area contributed by atoms with Gasteiger partial charge in [-0.25, -0.2) is 9.37 Å². The first-order valence-electron chi connectivity index (χ1n) is 12.2. The fourth-order valence-corrected chi connectivity index (χ4v) is 4.40. The zero-order chi connectivity index (χ0) is 25.8. The number of nitrogen functional groups attached to an aromatic ring is 1. The number of ether oxygens (including phenoxy) is 2. The van der Waals surface area contributed by atoms with Crippen LogP contribution in [-0.2, 0) is 6.61 Å². The molecule has 2 aromatic carbocycles. The number of hydrogen-bond acceptors (Lipinski definition) is 6. The minimum Gasteiger partial charge on any atom is -0.488 e. The maximum atomic E-state index is 14.3. The van der Waals surface area contributed by atoms with Gasteiger partial charge in [0.1, 0.15) is 6.61 Å². The number of nitrogens with zero attached hydrogens (tertiary/aromatic N) is 2. The van der Waals surface area contributed by atoms with Crippen molar-refractivity contribution >= 4 is 11.7 Å². The van der Waals surface area contributed by atoms with Crippen molar-refractivity contribution in [2.75, 3.05) is 18.8 Å². The topological polar surface area (TPSA) is 89.7 Å². The number of carbonyl (C=O) groups excluding carboxylic acids is 1. The van der Waals surface area contributed by atoms with Gasteiger partial charge >= 0.3 is 0 Å². The van der Waals surface area contributed by atoms with Gasteiger partial charge in [-0.2, -0.15) is 0 Å². The van der Waals surface area contributed by atoms with E-state index in [4.69, 9.17) is 15.2 Å². The Labute approximate surface area is 211 Å². The number of halogens is 1. The van der Waals surface area contributed by atoms with Crippen molar-refractivity contribution in [3.63, 3.8) is 0 Å². The van der Waals surface area contributed by atoms with Crippen molar-refractivity contribution in [2.45, 2.75) is 52.5 Å². The van der Waals surface area contributed by atoms with Crippen molar-refractivity contribution in [3.05, 3.63) is 71.7 Å². The Balaban J connectivity index is 1.49. The predicted molar refractivity (Wildman–Crippen MR) is 139 cm³/mol. The summed E-state index contributed by atoms with van der Waals surface area (Å²) in [6, 6.07) is 14.5. The van der Waals surface area contributed by atoms with Gasteiger partial charge in [0.05, 0.1) is 6.10 Å². The number of rotatable bonds is 7. The summed E-state index contributed by atoms with van der Waals surface area (Å²) in [5, 5.41) is 3.44. The lowest BCUT2D eigenvalue weighted by molar-refractivity contribution is 0.0674. The Morgan fingerprint density at radius 2 is 1.83 bits per heavy atom. The van der Waals surface area contributed by atoms with Crippen LogP contribution in [0.2, 0.25) is 0 Å². The molecule has 1 amide bonds. The third-order valence-corrected chi connectivity index (χ3v) is 5.98. The SMILES string of the molecule is CC(C)Oc1c(F)cccc1COc1cc(-c2ccc(C(=O)N3C[C@@H](C)N[C@@H](C)C3)cc2)cnc1N. The minimum absolute atomic E-state index is 0.0238. The van der Waals surface area contributed by atoms with Gasteiger partial charge in [0, 0.05) is 48.1 Å². The average Bonchev–Trinajstić information content (AvgIpc) is 2.84. The molecule has 1 aromatic heterocycles. The van der Waals surface area contributed by atoms with E-state index in [0.29, 0.717) is 30.0 Å². The van der Waals surface area contributed by atoms with Crippen LogP contribution >= 0.6 is 0 Å². The Morgan fingerprint density at radius 3 is 2.50 bits per heavy atom. The van der Waals surface area contributed by atoms with Gasteiger partial charge < -0.3 is 25.4 Å². The van der Waals surface area contributed by atoms with Crippen LogP contribution in [0.5, 0.6) is 11.5 Å². The fourth-order valence-electron chi connectivity index (χ4n) is 4.40. The van der Waals surface area contributed by atoms with E-state index in [0.717, 1.165) is 11.1 Å². The van der Waals surface area contributed by atoms with Gasteiger partial charge in [-0.3, -0.25) is 4.79 Å². The van der Waals surface area contributed by atoms with Crippen molar-refractivity contribution in [3.8, 4) is 22.6 Å². The second-order valence-electron chi connectivity index (χ2n) is 9.55. The molecule has 0 aliphatic carbocycles. The van der Waals surface area contributed by atoms with Crippen LogP contribution in [-0.4, -0.2) is 47.1 Å². The highest BCUT2D eigenvalue weighted by Gasteiger charge is 2.25. The summed E-state index contributed by atoms with van der Waals surface area (Å²) in [6.07, 6.45) is 1.48. The third-order valence-electron chi connectivity index (χ3n) is 5.98. The van der Waals surface area contributed by atoms with E-state index in [1.165, 1.54) is 6.07 Å². The van der Waals surface area contributed by atoms with Gasteiger partial charge in [-0.1, -0.05) is 24.3 Å². The van der Waals surface area contributed by atoms with Gasteiger partial charge in [0.25, 0.3) is 5.91 Å². The van der Waals surface area contributed by atoms with Crippen LogP contribution in [0.4, 0.5) is 10.2 Å². The maximum Gasteiger partial charge on any atom is 0.253 e. The third kappa shape index (κ3) is 5.94. The van der Waals surface area contributed by atoms with Crippen molar-refractivity contribution in [1.29, 1.82) is 0 Å². The van der Waals surface area contributed by atoms with Crippen molar-refractivity contribution < 1.29 is 18.7 Å². The lowest BCUT2D eigenvalue weighted by atomic mass is 10.0. The molecule has 3 N–H and O–H groups in total. The van der Waals surface area contributed by atoms with Gasteiger partial charge in [0.2, 0.25) is 0 Å². The standard InChI is InChI=1S/C28H33FN4O3/c1-17(2)36-26-22(6-5-7-24(26)29)16-35-25-12-23(13-31-27(25)30)20-8-10-21(11-9-20)28(34)33-14-18(3)32-19(4)15-33/h5-13,17-19,32H,14-16H2,1-4H3,(H2,30,31)/t18-,19+. The van der Waals surface area contributed by atoms with Crippen LogP contribution in [0.25, 0.3) is 11.1 Å². The molecule has 3 aromatic rings. The molecular weight excluding hydrogens is 459 g/mol. The molecule has 0 spiro atoms. The molecule has 2 atom stereocenters. The van der Waals surface area contributed by atoms with E-state index < -0.39 is 5.82 Å². The summed E-state index contributed by atoms with van der Waals surface area (Å²) < 4.78 is 25.9. The first-order valence-corrected chi connectivity index (χ1v) is 12.2. The van der Waals surface area contributed by atoms with Crippen LogP contribution in [0, 0.1) is 5.82 Å². The number of amides is 1. The summed E-state index contributed by atoms with van der Waals surface area (Å²) in [6.45, 7) is 9.28. The Kier molecular flexibility index (Phi) is 7.74. The Bertz CT molecular complexity index is 1210. The first-order chi connectivity index (χ1) is 17.2. The first kappa shape index (κ1) is 25.4. The second-order valence-corrected chi connectivity index (χ2v) is 9.55. The highest BCUT2D eigenvalue weighted by atomic mass is 19.1. The van der Waals surface area contributed by atoms with Crippen LogP contribution in [0.1, 0.15) is 43.6 Å². The molecule has 4 rings (SSSR count). The largest absolute Gasteiger partial charge is 0.488 e. The minimum atomic E-state index is -0.441. The molecule has 1 fully saturated rings. The quantitative estimate of drug-likeness (QED) is 0.499. The number of anilines is 1. The zero-order valence-electron chi connectivity index (χ0n) is 21.1. The molecule has 0 saturated carbocycles. The van der Waals surface area contributed by atoms with Crippen LogP contribution in [0.15, 0.2) is 54.7 Å². The van der Waals surface area contributed by atoms with Crippen LogP contribution < -0.4 is 20.5 Å². The maximum absolute atomic E-state index is 14.3. The van der Waals surface area contributed by atoms with E-state index in [-0.39, 0.29) is 42.3 Å². The highest BCUT2D eigenvalue weighted by Crippen LogP contribution is 2.30. The van der Waals surface area contributed by atoms with E-state index in [2.05, 4.69) is 24.1 Å². The number of aromatic nitrogens is 1. The summed E-state index contributed by atoms with van der Waals surface area (Å²) >= 11 is 0. The molecule has 36 heavy (non-hydrogen) atoms. The molecule has 8 heteroatoms. The molecule has 1 saturated heterocycles. The molecule has 0 bridgehead atoms. The predicted octanol–water partition coefficient (Wildman–Crippen LogP) is 4.66. The van der Waals surface area contributed by atoms with Crippen molar-refractivity contribution in [2.24, 2.45) is 0 Å². The van der Waals surface area contributed by atoms with Gasteiger partial charge in [-0.05, 0) is 57.5 Å². The summed E-state index contributed by atoms with van der Waals surface area (Å²) in [4.78, 5) is 19.1. The molecule has 1 aliphatic rings. The number of pyridine rings is 1. The fraction of sp³-hybridized carbons (Fsp3) is 0.357. The number of carbonyl (C=O) groups is 1. The normalized spacial score (nSPS) is 17.8. The molecular formula is C28H33FN4O3. The molecule has 2 heterocycles. The molecule has 0 radical (unpaired) electrons. The Hall–Kier alpha value is -3.65.